The Morgan fingerprint density at radius 2 is 1.88 bits per heavy atom. The van der Waals surface area contributed by atoms with E-state index in [9.17, 15) is 19.7 Å². The summed E-state index contributed by atoms with van der Waals surface area (Å²) in [6.45, 7) is 3.86. The van der Waals surface area contributed by atoms with Gasteiger partial charge in [-0.25, -0.2) is 0 Å². The van der Waals surface area contributed by atoms with E-state index in [1.54, 1.807) is 4.90 Å². The summed E-state index contributed by atoms with van der Waals surface area (Å²) >= 11 is 0. The first-order valence-electron chi connectivity index (χ1n) is 10.2. The van der Waals surface area contributed by atoms with E-state index < -0.39 is 10.5 Å². The largest absolute Gasteiger partial charge is 0.339 e. The fourth-order valence-electron chi connectivity index (χ4n) is 3.62. The second kappa shape index (κ2) is 9.10. The predicted molar refractivity (Wildman–Crippen MR) is 114 cm³/mol. The number of pyridine rings is 1. The standard InChI is InChI=1S/C21H22N6O5/c1-15(21-22-20(23-32-21)16-5-3-2-4-6-16)24-9-11-25(12-10-24)19(29)14-26-13-17(27(30)31)7-8-18(26)28/h2-8,13,15H,9-12,14H2,1H3. The number of carbonyl (C=O) groups excluding carboxylic acids is 1. The minimum atomic E-state index is -0.596. The predicted octanol–water partition coefficient (Wildman–Crippen LogP) is 1.71. The van der Waals surface area contributed by atoms with Gasteiger partial charge < -0.3 is 9.42 Å². The van der Waals surface area contributed by atoms with Gasteiger partial charge in [0.05, 0.1) is 17.2 Å². The van der Waals surface area contributed by atoms with Crippen LogP contribution in [0.3, 0.4) is 0 Å². The minimum absolute atomic E-state index is 0.114. The summed E-state index contributed by atoms with van der Waals surface area (Å²) in [7, 11) is 0. The third kappa shape index (κ3) is 4.57. The molecule has 166 valence electrons. The van der Waals surface area contributed by atoms with Crippen LogP contribution in [-0.4, -0.2) is 61.5 Å². The summed E-state index contributed by atoms with van der Waals surface area (Å²) in [4.78, 5) is 43.2. The molecular weight excluding hydrogens is 416 g/mol. The van der Waals surface area contributed by atoms with Gasteiger partial charge in [-0.05, 0) is 6.92 Å². The Morgan fingerprint density at radius 3 is 2.56 bits per heavy atom. The molecular formula is C21H22N6O5. The first-order chi connectivity index (χ1) is 15.4. The Balaban J connectivity index is 1.35. The van der Waals surface area contributed by atoms with E-state index in [2.05, 4.69) is 15.0 Å². The summed E-state index contributed by atoms with van der Waals surface area (Å²) in [6, 6.07) is 11.7. The van der Waals surface area contributed by atoms with Crippen molar-refractivity contribution in [2.75, 3.05) is 26.2 Å². The lowest BCUT2D eigenvalue weighted by Crippen LogP contribution is -2.50. The highest BCUT2D eigenvalue weighted by atomic mass is 16.6. The maximum atomic E-state index is 12.6. The Bertz CT molecular complexity index is 1170. The molecule has 11 nitrogen and oxygen atoms in total. The maximum Gasteiger partial charge on any atom is 0.285 e. The smallest absolute Gasteiger partial charge is 0.285 e. The van der Waals surface area contributed by atoms with Crippen LogP contribution in [0, 0.1) is 10.1 Å². The lowest BCUT2D eigenvalue weighted by molar-refractivity contribution is -0.385. The quantitative estimate of drug-likeness (QED) is 0.420. The molecule has 1 aliphatic rings. The SMILES string of the molecule is CC(c1nc(-c2ccccc2)no1)N1CCN(C(=O)Cn2cc([N+](=O)[O-])ccc2=O)CC1. The fraction of sp³-hybridized carbons (Fsp3) is 0.333. The molecule has 2 aromatic heterocycles. The molecule has 32 heavy (non-hydrogen) atoms. The highest BCUT2D eigenvalue weighted by molar-refractivity contribution is 5.76. The van der Waals surface area contributed by atoms with Gasteiger partial charge in [0.15, 0.2) is 0 Å². The van der Waals surface area contributed by atoms with Crippen molar-refractivity contribution in [2.45, 2.75) is 19.5 Å². The van der Waals surface area contributed by atoms with Crippen molar-refractivity contribution in [2.24, 2.45) is 0 Å². The molecule has 0 saturated carbocycles. The zero-order valence-electron chi connectivity index (χ0n) is 17.5. The van der Waals surface area contributed by atoms with Crippen LogP contribution >= 0.6 is 0 Å². The van der Waals surface area contributed by atoms with Crippen molar-refractivity contribution >= 4 is 11.6 Å². The topological polar surface area (TPSA) is 128 Å². The molecule has 1 amide bonds. The number of amides is 1. The van der Waals surface area contributed by atoms with Crippen LogP contribution in [0.4, 0.5) is 5.69 Å². The number of hydrogen-bond acceptors (Lipinski definition) is 8. The molecule has 11 heteroatoms. The Labute approximate surface area is 183 Å². The average Bonchev–Trinajstić information content (AvgIpc) is 3.31. The van der Waals surface area contributed by atoms with Crippen molar-refractivity contribution < 1.29 is 14.2 Å². The summed E-state index contributed by atoms with van der Waals surface area (Å²) < 4.78 is 6.52. The second-order valence-electron chi connectivity index (χ2n) is 7.53. The van der Waals surface area contributed by atoms with Crippen molar-refractivity contribution in [3.8, 4) is 11.4 Å². The van der Waals surface area contributed by atoms with Crippen LogP contribution in [-0.2, 0) is 11.3 Å². The molecule has 0 N–H and O–H groups in total. The van der Waals surface area contributed by atoms with Crippen LogP contribution in [0.5, 0.6) is 0 Å². The van der Waals surface area contributed by atoms with Crippen LogP contribution in [0.15, 0.2) is 58.0 Å². The molecule has 1 aromatic carbocycles. The molecule has 4 rings (SSSR count). The van der Waals surface area contributed by atoms with Gasteiger partial charge >= 0.3 is 0 Å². The molecule has 1 atom stereocenters. The molecule has 0 bridgehead atoms. The number of benzene rings is 1. The Kier molecular flexibility index (Phi) is 6.08. The number of hydrogen-bond donors (Lipinski definition) is 0. The summed E-state index contributed by atoms with van der Waals surface area (Å²) in [5.41, 5.74) is 0.189. The van der Waals surface area contributed by atoms with Crippen LogP contribution in [0.25, 0.3) is 11.4 Å². The molecule has 0 spiro atoms. The molecule has 0 aliphatic carbocycles. The van der Waals surface area contributed by atoms with Gasteiger partial charge in [-0.3, -0.25) is 29.2 Å². The van der Waals surface area contributed by atoms with Crippen molar-refractivity contribution in [1.29, 1.82) is 0 Å². The monoisotopic (exact) mass is 438 g/mol. The third-order valence-electron chi connectivity index (χ3n) is 5.53. The van der Waals surface area contributed by atoms with Crippen molar-refractivity contribution in [1.82, 2.24) is 24.5 Å². The van der Waals surface area contributed by atoms with Crippen LogP contribution in [0.2, 0.25) is 0 Å². The molecule has 3 heterocycles. The van der Waals surface area contributed by atoms with E-state index in [0.29, 0.717) is 37.9 Å². The van der Waals surface area contributed by atoms with Gasteiger partial charge in [-0.1, -0.05) is 35.5 Å². The van der Waals surface area contributed by atoms with Gasteiger partial charge in [-0.2, -0.15) is 4.98 Å². The van der Waals surface area contributed by atoms with Gasteiger partial charge in [0.2, 0.25) is 17.6 Å². The van der Waals surface area contributed by atoms with E-state index in [1.807, 2.05) is 37.3 Å². The van der Waals surface area contributed by atoms with Gasteiger partial charge in [0, 0.05) is 43.9 Å². The van der Waals surface area contributed by atoms with E-state index in [1.165, 1.54) is 0 Å². The average molecular weight is 438 g/mol. The number of aromatic nitrogens is 3. The van der Waals surface area contributed by atoms with Crippen LogP contribution < -0.4 is 5.56 Å². The molecule has 1 aliphatic heterocycles. The molecule has 1 saturated heterocycles. The lowest BCUT2D eigenvalue weighted by Gasteiger charge is -2.36. The van der Waals surface area contributed by atoms with E-state index in [0.717, 1.165) is 28.5 Å². The molecule has 1 unspecified atom stereocenters. The van der Waals surface area contributed by atoms with E-state index in [4.69, 9.17) is 4.52 Å². The fourth-order valence-corrected chi connectivity index (χ4v) is 3.62. The Hall–Kier alpha value is -3.86. The van der Waals surface area contributed by atoms with E-state index in [-0.39, 0.29) is 24.2 Å². The summed E-state index contributed by atoms with van der Waals surface area (Å²) in [6.07, 6.45) is 1.10. The minimum Gasteiger partial charge on any atom is -0.339 e. The van der Waals surface area contributed by atoms with Crippen molar-refractivity contribution in [3.05, 3.63) is 75.0 Å². The van der Waals surface area contributed by atoms with Crippen molar-refractivity contribution in [3.63, 3.8) is 0 Å². The molecule has 0 radical (unpaired) electrons. The lowest BCUT2D eigenvalue weighted by atomic mass is 10.2. The number of rotatable bonds is 6. The first kappa shape index (κ1) is 21.4. The zero-order valence-corrected chi connectivity index (χ0v) is 17.5. The first-order valence-corrected chi connectivity index (χ1v) is 10.2. The number of nitrogens with zero attached hydrogens (tertiary/aromatic N) is 6. The normalized spacial score (nSPS) is 15.5. The van der Waals surface area contributed by atoms with Crippen LogP contribution in [0.1, 0.15) is 18.9 Å². The summed E-state index contributed by atoms with van der Waals surface area (Å²) in [5, 5.41) is 15.0. The van der Waals surface area contributed by atoms with Gasteiger partial charge in [-0.15, -0.1) is 0 Å². The number of piperazine rings is 1. The van der Waals surface area contributed by atoms with Gasteiger partial charge in [0.25, 0.3) is 11.2 Å². The molecule has 3 aromatic rings. The van der Waals surface area contributed by atoms with E-state index >= 15 is 0 Å². The Morgan fingerprint density at radius 1 is 1.16 bits per heavy atom. The third-order valence-corrected chi connectivity index (χ3v) is 5.53. The highest BCUT2D eigenvalue weighted by Gasteiger charge is 2.28. The molecule has 1 fully saturated rings. The summed E-state index contributed by atoms with van der Waals surface area (Å²) in [5.74, 6) is 0.777. The highest BCUT2D eigenvalue weighted by Crippen LogP contribution is 2.23. The number of nitro groups is 1. The van der Waals surface area contributed by atoms with Gasteiger partial charge in [0.1, 0.15) is 6.54 Å². The maximum absolute atomic E-state index is 12.6. The number of carbonyl (C=O) groups is 1. The zero-order chi connectivity index (χ0) is 22.7. The second-order valence-corrected chi connectivity index (χ2v) is 7.53.